The third-order valence-corrected chi connectivity index (χ3v) is 6.39. The summed E-state index contributed by atoms with van der Waals surface area (Å²) < 4.78 is 40.3. The summed E-state index contributed by atoms with van der Waals surface area (Å²) in [6, 6.07) is 13.7. The van der Waals surface area contributed by atoms with Gasteiger partial charge in [0.15, 0.2) is 5.13 Å². The second-order valence-electron chi connectivity index (χ2n) is 7.20. The van der Waals surface area contributed by atoms with Gasteiger partial charge >= 0.3 is 6.18 Å². The second-order valence-corrected chi connectivity index (χ2v) is 8.21. The Bertz CT molecular complexity index is 1200. The number of halogens is 3. The zero-order valence-corrected chi connectivity index (χ0v) is 16.6. The molecule has 2 aromatic heterocycles. The van der Waals surface area contributed by atoms with Crippen LogP contribution in [0.4, 0.5) is 18.3 Å². The maximum absolute atomic E-state index is 13.3. The zero-order chi connectivity index (χ0) is 20.9. The van der Waals surface area contributed by atoms with Gasteiger partial charge in [-0.25, -0.2) is 4.98 Å². The van der Waals surface area contributed by atoms with Gasteiger partial charge in [0.05, 0.1) is 15.8 Å². The van der Waals surface area contributed by atoms with Crippen molar-refractivity contribution >= 4 is 43.5 Å². The summed E-state index contributed by atoms with van der Waals surface area (Å²) in [5, 5.41) is 1.54. The SMILES string of the molecule is O=C(c1cc2ccccc2[nH]1)N1CCN(c2nc3c(C(F)(F)F)cccc3s2)CC1. The molecule has 1 aliphatic rings. The quantitative estimate of drug-likeness (QED) is 0.499. The number of anilines is 1. The highest BCUT2D eigenvalue weighted by atomic mass is 32.1. The summed E-state index contributed by atoms with van der Waals surface area (Å²) in [6.07, 6.45) is -4.43. The molecule has 2 aromatic carbocycles. The molecule has 5 nitrogen and oxygen atoms in total. The number of rotatable bonds is 2. The minimum Gasteiger partial charge on any atom is -0.351 e. The van der Waals surface area contributed by atoms with E-state index in [1.807, 2.05) is 35.2 Å². The molecule has 4 aromatic rings. The first-order chi connectivity index (χ1) is 14.4. The number of benzene rings is 2. The molecule has 30 heavy (non-hydrogen) atoms. The molecular formula is C21H17F3N4OS. The van der Waals surface area contributed by atoms with Crippen LogP contribution in [-0.2, 0) is 6.18 Å². The molecule has 1 fully saturated rings. The summed E-state index contributed by atoms with van der Waals surface area (Å²) in [5.41, 5.74) is 0.727. The van der Waals surface area contributed by atoms with Crippen molar-refractivity contribution in [2.75, 3.05) is 31.1 Å². The number of carbonyl (C=O) groups is 1. The topological polar surface area (TPSA) is 52.2 Å². The Labute approximate surface area is 173 Å². The number of nitrogens with one attached hydrogen (secondary N) is 1. The average Bonchev–Trinajstić information content (AvgIpc) is 3.36. The third kappa shape index (κ3) is 3.28. The molecule has 0 unspecified atom stereocenters. The van der Waals surface area contributed by atoms with Gasteiger partial charge in [-0.2, -0.15) is 13.2 Å². The van der Waals surface area contributed by atoms with Crippen molar-refractivity contribution in [3.8, 4) is 0 Å². The number of hydrogen-bond donors (Lipinski definition) is 1. The monoisotopic (exact) mass is 430 g/mol. The van der Waals surface area contributed by atoms with E-state index in [1.165, 1.54) is 17.4 Å². The molecule has 3 heterocycles. The maximum Gasteiger partial charge on any atom is 0.418 e. The minimum atomic E-state index is -4.43. The van der Waals surface area contributed by atoms with E-state index in [0.717, 1.165) is 17.0 Å². The maximum atomic E-state index is 13.3. The third-order valence-electron chi connectivity index (χ3n) is 5.31. The molecule has 1 N–H and O–H groups in total. The Hall–Kier alpha value is -3.07. The summed E-state index contributed by atoms with van der Waals surface area (Å²) in [4.78, 5) is 24.0. The first kappa shape index (κ1) is 18.9. The largest absolute Gasteiger partial charge is 0.418 e. The average molecular weight is 430 g/mol. The van der Waals surface area contributed by atoms with E-state index in [4.69, 9.17) is 0 Å². The van der Waals surface area contributed by atoms with E-state index in [0.29, 0.717) is 41.7 Å². The number of para-hydroxylation sites is 2. The lowest BCUT2D eigenvalue weighted by Gasteiger charge is -2.34. The molecule has 5 rings (SSSR count). The smallest absolute Gasteiger partial charge is 0.351 e. The van der Waals surface area contributed by atoms with Crippen LogP contribution in [-0.4, -0.2) is 47.0 Å². The van der Waals surface area contributed by atoms with Crippen LogP contribution in [0.1, 0.15) is 16.1 Å². The number of alkyl halides is 3. The Morgan fingerprint density at radius 1 is 1.03 bits per heavy atom. The van der Waals surface area contributed by atoms with Crippen LogP contribution >= 0.6 is 11.3 Å². The fourth-order valence-electron chi connectivity index (χ4n) is 3.76. The summed E-state index contributed by atoms with van der Waals surface area (Å²) >= 11 is 1.25. The molecule has 0 bridgehead atoms. The van der Waals surface area contributed by atoms with E-state index in [-0.39, 0.29) is 11.4 Å². The predicted molar refractivity (Wildman–Crippen MR) is 111 cm³/mol. The number of amides is 1. The molecular weight excluding hydrogens is 413 g/mol. The first-order valence-corrected chi connectivity index (χ1v) is 10.3. The molecule has 0 saturated carbocycles. The van der Waals surface area contributed by atoms with Crippen molar-refractivity contribution in [3.05, 3.63) is 59.8 Å². The minimum absolute atomic E-state index is 0.0124. The summed E-state index contributed by atoms with van der Waals surface area (Å²) in [6.45, 7) is 2.01. The van der Waals surface area contributed by atoms with Crippen LogP contribution in [0.3, 0.4) is 0 Å². The molecule has 0 spiro atoms. The number of thiazole rings is 1. The van der Waals surface area contributed by atoms with Gasteiger partial charge in [0.2, 0.25) is 0 Å². The predicted octanol–water partition coefficient (Wildman–Crippen LogP) is 4.76. The molecule has 0 radical (unpaired) electrons. The van der Waals surface area contributed by atoms with Gasteiger partial charge in [-0.1, -0.05) is 35.6 Å². The van der Waals surface area contributed by atoms with Crippen molar-refractivity contribution in [3.63, 3.8) is 0 Å². The molecule has 9 heteroatoms. The Balaban J connectivity index is 1.33. The summed E-state index contributed by atoms with van der Waals surface area (Å²) in [5.74, 6) is -0.0745. The van der Waals surface area contributed by atoms with Crippen LogP contribution < -0.4 is 4.90 Å². The van der Waals surface area contributed by atoms with Gasteiger partial charge in [-0.3, -0.25) is 4.79 Å². The van der Waals surface area contributed by atoms with E-state index in [9.17, 15) is 18.0 Å². The molecule has 154 valence electrons. The fourth-order valence-corrected chi connectivity index (χ4v) is 4.80. The van der Waals surface area contributed by atoms with Crippen LogP contribution in [0, 0.1) is 0 Å². The lowest BCUT2D eigenvalue weighted by atomic mass is 10.2. The number of H-pyrrole nitrogens is 1. The van der Waals surface area contributed by atoms with Gasteiger partial charge in [-0.05, 0) is 24.3 Å². The molecule has 1 aliphatic heterocycles. The highest BCUT2D eigenvalue weighted by molar-refractivity contribution is 7.22. The molecule has 0 aliphatic carbocycles. The van der Waals surface area contributed by atoms with Crippen LogP contribution in [0.5, 0.6) is 0 Å². The highest BCUT2D eigenvalue weighted by Gasteiger charge is 2.34. The number of hydrogen-bond acceptors (Lipinski definition) is 4. The highest BCUT2D eigenvalue weighted by Crippen LogP contribution is 2.38. The van der Waals surface area contributed by atoms with E-state index < -0.39 is 11.7 Å². The zero-order valence-electron chi connectivity index (χ0n) is 15.7. The number of aromatic nitrogens is 2. The van der Waals surface area contributed by atoms with E-state index in [2.05, 4.69) is 9.97 Å². The van der Waals surface area contributed by atoms with E-state index in [1.54, 1.807) is 11.0 Å². The molecule has 0 atom stereocenters. The normalized spacial score (nSPS) is 15.3. The van der Waals surface area contributed by atoms with Gasteiger partial charge in [0.1, 0.15) is 5.69 Å². The lowest BCUT2D eigenvalue weighted by molar-refractivity contribution is -0.136. The summed E-state index contributed by atoms with van der Waals surface area (Å²) in [7, 11) is 0. The Morgan fingerprint density at radius 2 is 1.80 bits per heavy atom. The number of fused-ring (bicyclic) bond motifs is 2. The number of aromatic amines is 1. The molecule has 1 saturated heterocycles. The molecule has 1 amide bonds. The first-order valence-electron chi connectivity index (χ1n) is 9.49. The number of carbonyl (C=O) groups excluding carboxylic acids is 1. The fraction of sp³-hybridized carbons (Fsp3) is 0.238. The van der Waals surface area contributed by atoms with Crippen molar-refractivity contribution < 1.29 is 18.0 Å². The number of nitrogens with zero attached hydrogens (tertiary/aromatic N) is 3. The van der Waals surface area contributed by atoms with E-state index >= 15 is 0 Å². The van der Waals surface area contributed by atoms with Gasteiger partial charge in [0.25, 0.3) is 5.91 Å². The number of piperazine rings is 1. The Morgan fingerprint density at radius 3 is 2.53 bits per heavy atom. The van der Waals surface area contributed by atoms with Crippen LogP contribution in [0.2, 0.25) is 0 Å². The van der Waals surface area contributed by atoms with Gasteiger partial charge in [0, 0.05) is 37.1 Å². The lowest BCUT2D eigenvalue weighted by Crippen LogP contribution is -2.48. The standard InChI is InChI=1S/C21H17F3N4OS/c22-21(23,24)14-5-3-7-17-18(14)26-20(30-17)28-10-8-27(9-11-28)19(29)16-12-13-4-1-2-6-15(13)25-16/h1-7,12,25H,8-11H2. The van der Waals surface area contributed by atoms with Crippen LogP contribution in [0.25, 0.3) is 21.1 Å². The van der Waals surface area contributed by atoms with Crippen LogP contribution in [0.15, 0.2) is 48.5 Å². The van der Waals surface area contributed by atoms with Crippen molar-refractivity contribution in [2.24, 2.45) is 0 Å². The van der Waals surface area contributed by atoms with Crippen molar-refractivity contribution in [2.45, 2.75) is 6.18 Å². The van der Waals surface area contributed by atoms with Gasteiger partial charge in [-0.15, -0.1) is 0 Å². The van der Waals surface area contributed by atoms with Gasteiger partial charge < -0.3 is 14.8 Å². The second kappa shape index (κ2) is 7.02. The van der Waals surface area contributed by atoms with Crippen molar-refractivity contribution in [1.82, 2.24) is 14.9 Å². The Kier molecular flexibility index (Phi) is 4.43. The van der Waals surface area contributed by atoms with Crippen molar-refractivity contribution in [1.29, 1.82) is 0 Å².